The molecule has 0 radical (unpaired) electrons. The van der Waals surface area contributed by atoms with E-state index < -0.39 is 9.84 Å². The molecular formula is C26H26N2O3S. The Morgan fingerprint density at radius 1 is 0.938 bits per heavy atom. The fraction of sp³-hybridized carbons (Fsp3) is 0.192. The summed E-state index contributed by atoms with van der Waals surface area (Å²) in [5.74, 6) is -0.0956. The Labute approximate surface area is 188 Å². The van der Waals surface area contributed by atoms with Crippen molar-refractivity contribution in [3.05, 3.63) is 101 Å². The molecule has 0 saturated carbocycles. The molecule has 0 saturated heterocycles. The fourth-order valence-electron chi connectivity index (χ4n) is 3.75. The van der Waals surface area contributed by atoms with Gasteiger partial charge in [0.05, 0.1) is 10.6 Å². The van der Waals surface area contributed by atoms with Gasteiger partial charge in [0, 0.05) is 35.8 Å². The highest BCUT2D eigenvalue weighted by Crippen LogP contribution is 2.20. The first-order valence-corrected chi connectivity index (χ1v) is 12.3. The van der Waals surface area contributed by atoms with E-state index in [1.807, 2.05) is 30.5 Å². The first kappa shape index (κ1) is 21.8. The molecule has 1 amide bonds. The van der Waals surface area contributed by atoms with E-state index in [1.165, 1.54) is 11.1 Å². The number of aromatic nitrogens is 1. The first-order valence-electron chi connectivity index (χ1n) is 10.6. The van der Waals surface area contributed by atoms with Gasteiger partial charge in [-0.15, -0.1) is 0 Å². The molecule has 164 valence electrons. The molecule has 0 fully saturated rings. The number of hydrogen-bond donors (Lipinski definition) is 1. The fourth-order valence-corrected chi connectivity index (χ4v) is 4.64. The molecular weight excluding hydrogens is 420 g/mol. The maximum Gasteiger partial charge on any atom is 0.251 e. The summed E-state index contributed by atoms with van der Waals surface area (Å²) in [5.41, 5.74) is 4.99. The minimum absolute atomic E-state index is 0.0677. The zero-order valence-corrected chi connectivity index (χ0v) is 19.0. The minimum atomic E-state index is -3.22. The van der Waals surface area contributed by atoms with Gasteiger partial charge in [0.2, 0.25) is 0 Å². The topological polar surface area (TPSA) is 68.2 Å². The van der Waals surface area contributed by atoms with E-state index in [2.05, 4.69) is 41.1 Å². The number of hydrogen-bond acceptors (Lipinski definition) is 3. The van der Waals surface area contributed by atoms with Gasteiger partial charge in [0.1, 0.15) is 0 Å². The number of fused-ring (bicyclic) bond motifs is 1. The van der Waals surface area contributed by atoms with Crippen molar-refractivity contribution in [1.82, 2.24) is 9.88 Å². The maximum atomic E-state index is 12.7. The summed E-state index contributed by atoms with van der Waals surface area (Å²) in [6.45, 7) is 4.82. The van der Waals surface area contributed by atoms with E-state index in [0.29, 0.717) is 17.0 Å². The molecule has 3 aromatic carbocycles. The molecule has 6 heteroatoms. The molecule has 0 aliphatic heterocycles. The van der Waals surface area contributed by atoms with Crippen molar-refractivity contribution < 1.29 is 13.2 Å². The van der Waals surface area contributed by atoms with Gasteiger partial charge in [-0.1, -0.05) is 48.9 Å². The molecule has 0 bridgehead atoms. The van der Waals surface area contributed by atoms with Crippen LogP contribution in [0.3, 0.4) is 0 Å². The molecule has 1 heterocycles. The second-order valence-electron chi connectivity index (χ2n) is 7.94. The molecule has 5 nitrogen and oxygen atoms in total. The van der Waals surface area contributed by atoms with Gasteiger partial charge in [-0.2, -0.15) is 0 Å². The van der Waals surface area contributed by atoms with Gasteiger partial charge in [-0.25, -0.2) is 8.42 Å². The van der Waals surface area contributed by atoms with Gasteiger partial charge >= 0.3 is 0 Å². The van der Waals surface area contributed by atoms with Crippen LogP contribution in [0.25, 0.3) is 10.9 Å². The molecule has 0 aliphatic carbocycles. The third kappa shape index (κ3) is 4.75. The number of aryl methyl sites for hydroxylation is 1. The van der Waals surface area contributed by atoms with Crippen molar-refractivity contribution in [3.63, 3.8) is 0 Å². The molecule has 1 aromatic heterocycles. The van der Waals surface area contributed by atoms with Crippen molar-refractivity contribution in [2.75, 3.05) is 5.75 Å². The van der Waals surface area contributed by atoms with Crippen molar-refractivity contribution in [1.29, 1.82) is 0 Å². The summed E-state index contributed by atoms with van der Waals surface area (Å²) in [5, 5.41) is 3.92. The Morgan fingerprint density at radius 3 is 2.44 bits per heavy atom. The highest BCUT2D eigenvalue weighted by Gasteiger charge is 2.12. The van der Waals surface area contributed by atoms with E-state index in [9.17, 15) is 13.2 Å². The van der Waals surface area contributed by atoms with Crippen molar-refractivity contribution >= 4 is 26.6 Å². The SMILES string of the molecule is CCS(=O)(=O)c1ccc(CNC(=O)c2ccc3c(ccn3Cc3cccc(C)c3)c2)cc1. The second-order valence-corrected chi connectivity index (χ2v) is 10.2. The summed E-state index contributed by atoms with van der Waals surface area (Å²) >= 11 is 0. The standard InChI is InChI=1S/C26H26N2O3S/c1-3-32(30,31)24-10-7-20(8-11-24)17-27-26(29)23-9-12-25-22(16-23)13-14-28(25)18-21-6-4-5-19(2)15-21/h4-16H,3,17-18H2,1-2H3,(H,27,29). The van der Waals surface area contributed by atoms with Crippen LogP contribution in [-0.2, 0) is 22.9 Å². The Morgan fingerprint density at radius 2 is 1.72 bits per heavy atom. The average Bonchev–Trinajstić information content (AvgIpc) is 3.19. The Kier molecular flexibility index (Phi) is 6.15. The van der Waals surface area contributed by atoms with Crippen molar-refractivity contribution in [2.45, 2.75) is 31.8 Å². The molecule has 32 heavy (non-hydrogen) atoms. The van der Waals surface area contributed by atoms with E-state index >= 15 is 0 Å². The van der Waals surface area contributed by atoms with Crippen LogP contribution in [0.15, 0.2) is 83.9 Å². The largest absolute Gasteiger partial charge is 0.348 e. The Balaban J connectivity index is 1.44. The van der Waals surface area contributed by atoms with Gasteiger partial charge in [0.15, 0.2) is 9.84 Å². The van der Waals surface area contributed by atoms with E-state index in [1.54, 1.807) is 31.2 Å². The highest BCUT2D eigenvalue weighted by atomic mass is 32.2. The van der Waals surface area contributed by atoms with Gasteiger partial charge in [-0.3, -0.25) is 4.79 Å². The summed E-state index contributed by atoms with van der Waals surface area (Å²) in [6.07, 6.45) is 2.04. The molecule has 0 aliphatic rings. The third-order valence-corrected chi connectivity index (χ3v) is 7.33. The number of nitrogens with one attached hydrogen (secondary N) is 1. The lowest BCUT2D eigenvalue weighted by Crippen LogP contribution is -2.22. The molecule has 4 rings (SSSR count). The average molecular weight is 447 g/mol. The lowest BCUT2D eigenvalue weighted by molar-refractivity contribution is 0.0951. The van der Waals surface area contributed by atoms with Gasteiger partial charge < -0.3 is 9.88 Å². The number of benzene rings is 3. The Hall–Kier alpha value is -3.38. The zero-order chi connectivity index (χ0) is 22.7. The zero-order valence-electron chi connectivity index (χ0n) is 18.2. The predicted octanol–water partition coefficient (Wildman–Crippen LogP) is 4.72. The van der Waals surface area contributed by atoms with Crippen LogP contribution in [-0.4, -0.2) is 24.6 Å². The van der Waals surface area contributed by atoms with Crippen LogP contribution in [0.2, 0.25) is 0 Å². The van der Waals surface area contributed by atoms with Gasteiger partial charge in [0.25, 0.3) is 5.91 Å². The van der Waals surface area contributed by atoms with Crippen molar-refractivity contribution in [2.24, 2.45) is 0 Å². The number of carbonyl (C=O) groups excluding carboxylic acids is 1. The highest BCUT2D eigenvalue weighted by molar-refractivity contribution is 7.91. The number of rotatable bonds is 7. The molecule has 0 unspecified atom stereocenters. The summed E-state index contributed by atoms with van der Waals surface area (Å²) in [7, 11) is -3.22. The van der Waals surface area contributed by atoms with Crippen LogP contribution in [0.1, 0.15) is 34.0 Å². The third-order valence-electron chi connectivity index (χ3n) is 5.58. The summed E-state index contributed by atoms with van der Waals surface area (Å²) in [4.78, 5) is 13.0. The predicted molar refractivity (Wildman–Crippen MR) is 128 cm³/mol. The van der Waals surface area contributed by atoms with Crippen LogP contribution in [0.4, 0.5) is 0 Å². The van der Waals surface area contributed by atoms with E-state index in [0.717, 1.165) is 23.0 Å². The lowest BCUT2D eigenvalue weighted by atomic mass is 10.1. The number of amides is 1. The van der Waals surface area contributed by atoms with Crippen LogP contribution in [0.5, 0.6) is 0 Å². The number of carbonyl (C=O) groups is 1. The molecule has 0 atom stereocenters. The number of nitrogens with zero attached hydrogens (tertiary/aromatic N) is 1. The second kappa shape index (κ2) is 9.01. The minimum Gasteiger partial charge on any atom is -0.348 e. The van der Waals surface area contributed by atoms with Gasteiger partial charge in [-0.05, 0) is 54.4 Å². The maximum absolute atomic E-state index is 12.7. The van der Waals surface area contributed by atoms with Crippen LogP contribution in [0, 0.1) is 6.92 Å². The lowest BCUT2D eigenvalue weighted by Gasteiger charge is -2.09. The smallest absolute Gasteiger partial charge is 0.251 e. The van der Waals surface area contributed by atoms with Crippen LogP contribution < -0.4 is 5.32 Å². The van der Waals surface area contributed by atoms with Crippen LogP contribution >= 0.6 is 0 Å². The normalized spacial score (nSPS) is 11.6. The van der Waals surface area contributed by atoms with E-state index in [-0.39, 0.29) is 11.7 Å². The molecule has 4 aromatic rings. The van der Waals surface area contributed by atoms with E-state index in [4.69, 9.17) is 0 Å². The molecule has 1 N–H and O–H groups in total. The quantitative estimate of drug-likeness (QED) is 0.447. The monoisotopic (exact) mass is 446 g/mol. The summed E-state index contributed by atoms with van der Waals surface area (Å²) in [6, 6.07) is 22.8. The summed E-state index contributed by atoms with van der Waals surface area (Å²) < 4.78 is 26.0. The Bertz CT molecular complexity index is 1370. The first-order chi connectivity index (χ1) is 15.4. The molecule has 0 spiro atoms. The number of sulfone groups is 1. The van der Waals surface area contributed by atoms with Crippen molar-refractivity contribution in [3.8, 4) is 0 Å².